The summed E-state index contributed by atoms with van der Waals surface area (Å²) in [6.45, 7) is 3.56. The van der Waals surface area contributed by atoms with Crippen molar-refractivity contribution in [3.63, 3.8) is 0 Å². The zero-order chi connectivity index (χ0) is 18.4. The number of nitro groups is 1. The summed E-state index contributed by atoms with van der Waals surface area (Å²) in [7, 11) is 0. The van der Waals surface area contributed by atoms with Crippen molar-refractivity contribution >= 4 is 23.8 Å². The van der Waals surface area contributed by atoms with Gasteiger partial charge in [-0.25, -0.2) is 4.79 Å². The van der Waals surface area contributed by atoms with Crippen molar-refractivity contribution < 1.29 is 23.7 Å². The van der Waals surface area contributed by atoms with Crippen LogP contribution in [0.25, 0.3) is 6.08 Å². The highest BCUT2D eigenvalue weighted by atomic mass is 16.6. The van der Waals surface area contributed by atoms with Gasteiger partial charge in [0.2, 0.25) is 0 Å². The normalized spacial score (nSPS) is 11.0. The number of hydrogen-bond donors (Lipinski definition) is 1. The minimum absolute atomic E-state index is 0.0410. The molecule has 2 aromatic rings. The number of rotatable bonds is 6. The van der Waals surface area contributed by atoms with Crippen molar-refractivity contribution in [1.29, 1.82) is 0 Å². The highest BCUT2D eigenvalue weighted by molar-refractivity contribution is 6.03. The van der Waals surface area contributed by atoms with Gasteiger partial charge in [0.25, 0.3) is 5.91 Å². The van der Waals surface area contributed by atoms with E-state index < -0.39 is 22.7 Å². The number of benzene rings is 1. The van der Waals surface area contributed by atoms with Gasteiger partial charge in [0.15, 0.2) is 0 Å². The number of esters is 1. The molecule has 0 radical (unpaired) electrons. The lowest BCUT2D eigenvalue weighted by Gasteiger charge is -2.09. The Morgan fingerprint density at radius 3 is 2.68 bits per heavy atom. The van der Waals surface area contributed by atoms with Crippen LogP contribution in [0.1, 0.15) is 28.6 Å². The summed E-state index contributed by atoms with van der Waals surface area (Å²) in [5.41, 5.74) is 1.06. The monoisotopic (exact) mass is 344 g/mol. The first-order chi connectivity index (χ1) is 11.9. The SMILES string of the molecule is CCOC(=O)/C(=C\c1ccc([N+](=O)[O-])o1)NC(=O)c1cccc(C)c1. The first-order valence-corrected chi connectivity index (χ1v) is 7.41. The Kier molecular flexibility index (Phi) is 5.67. The van der Waals surface area contributed by atoms with E-state index in [1.807, 2.05) is 13.0 Å². The van der Waals surface area contributed by atoms with E-state index in [2.05, 4.69) is 5.32 Å². The number of furan rings is 1. The number of amides is 1. The van der Waals surface area contributed by atoms with Gasteiger partial charge in [0.05, 0.1) is 12.7 Å². The first-order valence-electron chi connectivity index (χ1n) is 7.41. The lowest BCUT2D eigenvalue weighted by molar-refractivity contribution is -0.402. The Morgan fingerprint density at radius 2 is 2.08 bits per heavy atom. The molecule has 0 saturated heterocycles. The fourth-order valence-electron chi connectivity index (χ4n) is 2.00. The highest BCUT2D eigenvalue weighted by Gasteiger charge is 2.18. The van der Waals surface area contributed by atoms with Crippen molar-refractivity contribution in [2.45, 2.75) is 13.8 Å². The Bertz CT molecular complexity index is 837. The molecule has 1 amide bonds. The largest absolute Gasteiger partial charge is 0.461 e. The van der Waals surface area contributed by atoms with Gasteiger partial charge in [-0.05, 0) is 32.0 Å². The van der Waals surface area contributed by atoms with E-state index in [0.29, 0.717) is 5.56 Å². The Hall–Kier alpha value is -3.42. The molecule has 0 bridgehead atoms. The van der Waals surface area contributed by atoms with E-state index in [-0.39, 0.29) is 18.1 Å². The van der Waals surface area contributed by atoms with Crippen LogP contribution >= 0.6 is 0 Å². The van der Waals surface area contributed by atoms with Crippen LogP contribution in [0.5, 0.6) is 0 Å². The molecular weight excluding hydrogens is 328 g/mol. The van der Waals surface area contributed by atoms with Crippen LogP contribution in [-0.2, 0) is 9.53 Å². The predicted octanol–water partition coefficient (Wildman–Crippen LogP) is 2.83. The number of nitrogens with one attached hydrogen (secondary N) is 1. The van der Waals surface area contributed by atoms with Gasteiger partial charge < -0.3 is 14.5 Å². The molecule has 0 aliphatic carbocycles. The summed E-state index contributed by atoms with van der Waals surface area (Å²) in [5, 5.41) is 13.1. The van der Waals surface area contributed by atoms with Gasteiger partial charge in [0.1, 0.15) is 16.4 Å². The van der Waals surface area contributed by atoms with Gasteiger partial charge in [-0.2, -0.15) is 0 Å². The van der Waals surface area contributed by atoms with Gasteiger partial charge in [-0.3, -0.25) is 14.9 Å². The fourth-order valence-corrected chi connectivity index (χ4v) is 2.00. The predicted molar refractivity (Wildman–Crippen MR) is 88.6 cm³/mol. The summed E-state index contributed by atoms with van der Waals surface area (Å²) < 4.78 is 9.87. The van der Waals surface area contributed by atoms with Crippen LogP contribution in [0.3, 0.4) is 0 Å². The average molecular weight is 344 g/mol. The van der Waals surface area contributed by atoms with Crippen LogP contribution in [0.2, 0.25) is 0 Å². The molecule has 1 aromatic heterocycles. The third kappa shape index (κ3) is 4.77. The molecule has 1 N–H and O–H groups in total. The maximum absolute atomic E-state index is 12.3. The number of carbonyl (C=O) groups is 2. The quantitative estimate of drug-likeness (QED) is 0.373. The van der Waals surface area contributed by atoms with Gasteiger partial charge >= 0.3 is 11.9 Å². The molecule has 0 saturated carbocycles. The van der Waals surface area contributed by atoms with E-state index in [9.17, 15) is 19.7 Å². The molecule has 0 aliphatic heterocycles. The molecule has 25 heavy (non-hydrogen) atoms. The topological polar surface area (TPSA) is 112 Å². The number of carbonyl (C=O) groups excluding carboxylic acids is 2. The zero-order valence-electron chi connectivity index (χ0n) is 13.6. The van der Waals surface area contributed by atoms with Crippen LogP contribution in [0, 0.1) is 17.0 Å². The molecule has 0 unspecified atom stereocenters. The maximum Gasteiger partial charge on any atom is 0.433 e. The zero-order valence-corrected chi connectivity index (χ0v) is 13.6. The summed E-state index contributed by atoms with van der Waals surface area (Å²) in [4.78, 5) is 34.3. The molecular formula is C17H16N2O6. The summed E-state index contributed by atoms with van der Waals surface area (Å²) in [6, 6.07) is 9.28. The van der Waals surface area contributed by atoms with E-state index >= 15 is 0 Å². The molecule has 130 valence electrons. The Morgan fingerprint density at radius 1 is 1.32 bits per heavy atom. The fraction of sp³-hybridized carbons (Fsp3) is 0.176. The van der Waals surface area contributed by atoms with Crippen LogP contribution in [0.15, 0.2) is 46.5 Å². The molecule has 1 aromatic carbocycles. The Labute approximate surface area is 143 Å². The first kappa shape index (κ1) is 17.9. The van der Waals surface area contributed by atoms with E-state index in [0.717, 1.165) is 11.6 Å². The summed E-state index contributed by atoms with van der Waals surface area (Å²) >= 11 is 0. The van der Waals surface area contributed by atoms with Crippen molar-refractivity contribution in [2.75, 3.05) is 6.61 Å². The van der Waals surface area contributed by atoms with Gasteiger partial charge in [-0.15, -0.1) is 0 Å². The minimum atomic E-state index is -0.775. The summed E-state index contributed by atoms with van der Waals surface area (Å²) in [5.74, 6) is -1.72. The number of aryl methyl sites for hydroxylation is 1. The molecule has 8 nitrogen and oxygen atoms in total. The van der Waals surface area contributed by atoms with Gasteiger partial charge in [0, 0.05) is 11.6 Å². The van der Waals surface area contributed by atoms with Crippen molar-refractivity contribution in [3.05, 3.63) is 69.1 Å². The third-order valence-electron chi connectivity index (χ3n) is 3.10. The molecule has 0 fully saturated rings. The lowest BCUT2D eigenvalue weighted by Crippen LogP contribution is -2.28. The standard InChI is InChI=1S/C17H16N2O6/c1-3-24-17(21)14(10-13-7-8-15(25-13)19(22)23)18-16(20)12-6-4-5-11(2)9-12/h4-10H,3H2,1-2H3,(H,18,20)/b14-10+. The Balaban J connectivity index is 2.28. The van der Waals surface area contributed by atoms with Crippen LogP contribution < -0.4 is 5.32 Å². The van der Waals surface area contributed by atoms with Crippen LogP contribution in [-0.4, -0.2) is 23.4 Å². The number of nitrogens with zero attached hydrogens (tertiary/aromatic N) is 1. The van der Waals surface area contributed by atoms with Gasteiger partial charge in [-0.1, -0.05) is 17.7 Å². The van der Waals surface area contributed by atoms with Crippen molar-refractivity contribution in [2.24, 2.45) is 0 Å². The van der Waals surface area contributed by atoms with Crippen molar-refractivity contribution in [1.82, 2.24) is 5.32 Å². The lowest BCUT2D eigenvalue weighted by atomic mass is 10.1. The average Bonchev–Trinajstić information content (AvgIpc) is 3.03. The summed E-state index contributed by atoms with van der Waals surface area (Å²) in [6.07, 6.45) is 1.18. The number of ether oxygens (including phenoxy) is 1. The maximum atomic E-state index is 12.3. The minimum Gasteiger partial charge on any atom is -0.461 e. The molecule has 0 atom stereocenters. The molecule has 0 spiro atoms. The smallest absolute Gasteiger partial charge is 0.433 e. The highest BCUT2D eigenvalue weighted by Crippen LogP contribution is 2.18. The van der Waals surface area contributed by atoms with Crippen LogP contribution in [0.4, 0.5) is 5.88 Å². The van der Waals surface area contributed by atoms with E-state index in [4.69, 9.17) is 9.15 Å². The second-order valence-corrected chi connectivity index (χ2v) is 5.04. The second kappa shape index (κ2) is 7.91. The van der Waals surface area contributed by atoms with E-state index in [1.165, 1.54) is 12.1 Å². The molecule has 0 aliphatic rings. The third-order valence-corrected chi connectivity index (χ3v) is 3.10. The molecule has 8 heteroatoms. The van der Waals surface area contributed by atoms with Crippen molar-refractivity contribution in [3.8, 4) is 0 Å². The molecule has 1 heterocycles. The number of hydrogen-bond acceptors (Lipinski definition) is 6. The van der Waals surface area contributed by atoms with E-state index in [1.54, 1.807) is 25.1 Å². The molecule has 2 rings (SSSR count). The second-order valence-electron chi connectivity index (χ2n) is 5.04.